The molecule has 2 rings (SSSR count). The number of rotatable bonds is 4. The monoisotopic (exact) mass is 246 g/mol. The zero-order valence-corrected chi connectivity index (χ0v) is 9.86. The predicted molar refractivity (Wildman–Crippen MR) is 70.5 cm³/mol. The molecule has 4 N–H and O–H groups in total. The van der Waals surface area contributed by atoms with Crippen molar-refractivity contribution in [1.82, 2.24) is 0 Å². The van der Waals surface area contributed by atoms with Gasteiger partial charge in [0.15, 0.2) is 0 Å². The van der Waals surface area contributed by atoms with Crippen LogP contribution in [0.1, 0.15) is 11.1 Å². The second-order valence-corrected chi connectivity index (χ2v) is 4.10. The number of nitrogens with two attached hydrogens (primary N) is 1. The average Bonchev–Trinajstić information content (AvgIpc) is 2.35. The van der Waals surface area contributed by atoms with Crippen LogP contribution in [0.2, 0.25) is 0 Å². The van der Waals surface area contributed by atoms with Crippen molar-refractivity contribution in [3.63, 3.8) is 0 Å². The molecule has 0 bridgehead atoms. The number of benzene rings is 2. The number of anilines is 2. The Labute approximate surface area is 105 Å². The van der Waals surface area contributed by atoms with Gasteiger partial charge in [0.1, 0.15) is 5.82 Å². The quantitative estimate of drug-likeness (QED) is 0.726. The smallest absolute Gasteiger partial charge is 0.127 e. The number of nitrogens with one attached hydrogen (secondary N) is 1. The van der Waals surface area contributed by atoms with Crippen LogP contribution in [0.25, 0.3) is 0 Å². The average molecular weight is 246 g/mol. The van der Waals surface area contributed by atoms with Crippen molar-refractivity contribution < 1.29 is 9.50 Å². The summed E-state index contributed by atoms with van der Waals surface area (Å²) in [6, 6.07) is 11.9. The summed E-state index contributed by atoms with van der Waals surface area (Å²) in [6.45, 7) is 0.567. The number of halogens is 1. The molecule has 94 valence electrons. The van der Waals surface area contributed by atoms with Crippen molar-refractivity contribution in [1.29, 1.82) is 0 Å². The van der Waals surface area contributed by atoms with Gasteiger partial charge < -0.3 is 16.2 Å². The van der Waals surface area contributed by atoms with E-state index in [-0.39, 0.29) is 12.4 Å². The lowest BCUT2D eigenvalue weighted by atomic mass is 10.1. The number of aliphatic hydroxyl groups is 1. The Morgan fingerprint density at radius 2 is 1.89 bits per heavy atom. The molecule has 4 heteroatoms. The summed E-state index contributed by atoms with van der Waals surface area (Å²) in [5, 5.41) is 12.1. The van der Waals surface area contributed by atoms with E-state index in [4.69, 9.17) is 10.8 Å². The van der Waals surface area contributed by atoms with Crippen LogP contribution < -0.4 is 11.1 Å². The maximum Gasteiger partial charge on any atom is 0.127 e. The van der Waals surface area contributed by atoms with Crippen LogP contribution in [0.3, 0.4) is 0 Å². The highest BCUT2D eigenvalue weighted by molar-refractivity contribution is 5.54. The summed E-state index contributed by atoms with van der Waals surface area (Å²) in [4.78, 5) is 0. The summed E-state index contributed by atoms with van der Waals surface area (Å²) in [6.07, 6.45) is 0. The third-order valence-electron chi connectivity index (χ3n) is 2.59. The molecule has 0 radical (unpaired) electrons. The molecule has 0 aliphatic rings. The minimum Gasteiger partial charge on any atom is -0.399 e. The Morgan fingerprint density at radius 3 is 2.61 bits per heavy atom. The maximum atomic E-state index is 13.1. The van der Waals surface area contributed by atoms with E-state index in [1.165, 1.54) is 12.1 Å². The molecule has 0 saturated carbocycles. The normalized spacial score (nSPS) is 10.3. The lowest BCUT2D eigenvalue weighted by molar-refractivity contribution is 0.281. The first-order valence-corrected chi connectivity index (χ1v) is 5.66. The molecule has 0 atom stereocenters. The van der Waals surface area contributed by atoms with Gasteiger partial charge in [-0.05, 0) is 29.3 Å². The first kappa shape index (κ1) is 12.4. The zero-order valence-electron chi connectivity index (χ0n) is 9.86. The van der Waals surface area contributed by atoms with E-state index >= 15 is 0 Å². The molecule has 0 aromatic heterocycles. The highest BCUT2D eigenvalue weighted by Gasteiger charge is 1.99. The third-order valence-corrected chi connectivity index (χ3v) is 2.59. The van der Waals surface area contributed by atoms with Gasteiger partial charge in [-0.15, -0.1) is 0 Å². The molecule has 2 aromatic rings. The number of aliphatic hydroxyl groups excluding tert-OH is 1. The van der Waals surface area contributed by atoms with Crippen molar-refractivity contribution in [2.75, 3.05) is 11.1 Å². The molecule has 0 saturated heterocycles. The van der Waals surface area contributed by atoms with Crippen LogP contribution in [0, 0.1) is 5.82 Å². The van der Waals surface area contributed by atoms with Crippen LogP contribution >= 0.6 is 0 Å². The van der Waals surface area contributed by atoms with Gasteiger partial charge in [0.25, 0.3) is 0 Å². The second-order valence-electron chi connectivity index (χ2n) is 4.10. The van der Waals surface area contributed by atoms with Gasteiger partial charge in [-0.25, -0.2) is 4.39 Å². The molecule has 0 heterocycles. The van der Waals surface area contributed by atoms with Gasteiger partial charge in [-0.2, -0.15) is 0 Å². The Kier molecular flexibility index (Phi) is 3.79. The molecular formula is C14H15FN2O. The molecule has 0 aliphatic heterocycles. The van der Waals surface area contributed by atoms with E-state index < -0.39 is 0 Å². The number of hydrogen-bond acceptors (Lipinski definition) is 3. The molecule has 0 spiro atoms. The van der Waals surface area contributed by atoms with Crippen molar-refractivity contribution >= 4 is 11.4 Å². The molecule has 0 unspecified atom stereocenters. The summed E-state index contributed by atoms with van der Waals surface area (Å²) >= 11 is 0. The molecule has 0 aliphatic carbocycles. The lowest BCUT2D eigenvalue weighted by Crippen LogP contribution is -2.01. The van der Waals surface area contributed by atoms with Crippen molar-refractivity contribution in [3.8, 4) is 0 Å². The standard InChI is InChI=1S/C14H15FN2O/c15-12-5-13(16)7-14(6-12)17-8-10-2-1-3-11(4-10)9-18/h1-7,17-18H,8-9,16H2. The van der Waals surface area contributed by atoms with Crippen molar-refractivity contribution in [3.05, 3.63) is 59.4 Å². The highest BCUT2D eigenvalue weighted by atomic mass is 19.1. The summed E-state index contributed by atoms with van der Waals surface area (Å²) in [7, 11) is 0. The summed E-state index contributed by atoms with van der Waals surface area (Å²) < 4.78 is 13.1. The predicted octanol–water partition coefficient (Wildman–Crippen LogP) is 2.51. The summed E-state index contributed by atoms with van der Waals surface area (Å²) in [5.74, 6) is -0.360. The SMILES string of the molecule is Nc1cc(F)cc(NCc2cccc(CO)c2)c1. The number of nitrogen functional groups attached to an aromatic ring is 1. The largest absolute Gasteiger partial charge is 0.399 e. The molecule has 18 heavy (non-hydrogen) atoms. The first-order valence-electron chi connectivity index (χ1n) is 5.66. The van der Waals surface area contributed by atoms with E-state index in [0.29, 0.717) is 17.9 Å². The fourth-order valence-electron chi connectivity index (χ4n) is 1.76. The Bertz CT molecular complexity index is 523. The van der Waals surface area contributed by atoms with Gasteiger partial charge in [-0.1, -0.05) is 24.3 Å². The van der Waals surface area contributed by atoms with Crippen LogP contribution in [0.15, 0.2) is 42.5 Å². The van der Waals surface area contributed by atoms with Crippen LogP contribution in [-0.2, 0) is 13.2 Å². The minimum atomic E-state index is -0.360. The van der Waals surface area contributed by atoms with Crippen LogP contribution in [0.4, 0.5) is 15.8 Å². The van der Waals surface area contributed by atoms with Gasteiger partial charge in [-0.3, -0.25) is 0 Å². The van der Waals surface area contributed by atoms with E-state index in [2.05, 4.69) is 5.32 Å². The number of hydrogen-bond donors (Lipinski definition) is 3. The molecule has 3 nitrogen and oxygen atoms in total. The molecular weight excluding hydrogens is 231 g/mol. The Hall–Kier alpha value is -2.07. The van der Waals surface area contributed by atoms with E-state index in [1.54, 1.807) is 6.07 Å². The Morgan fingerprint density at radius 1 is 1.11 bits per heavy atom. The molecule has 0 fully saturated rings. The fourth-order valence-corrected chi connectivity index (χ4v) is 1.76. The molecule has 2 aromatic carbocycles. The first-order chi connectivity index (χ1) is 8.67. The molecule has 0 amide bonds. The van der Waals surface area contributed by atoms with E-state index in [1.807, 2.05) is 24.3 Å². The fraction of sp³-hybridized carbons (Fsp3) is 0.143. The maximum absolute atomic E-state index is 13.1. The van der Waals surface area contributed by atoms with Crippen molar-refractivity contribution in [2.24, 2.45) is 0 Å². The lowest BCUT2D eigenvalue weighted by Gasteiger charge is -2.08. The van der Waals surface area contributed by atoms with Crippen molar-refractivity contribution in [2.45, 2.75) is 13.2 Å². The van der Waals surface area contributed by atoms with Crippen LogP contribution in [0.5, 0.6) is 0 Å². The van der Waals surface area contributed by atoms with Gasteiger partial charge in [0.05, 0.1) is 6.61 Å². The topological polar surface area (TPSA) is 58.3 Å². The second kappa shape index (κ2) is 5.51. The Balaban J connectivity index is 2.06. The van der Waals surface area contributed by atoms with Gasteiger partial charge >= 0.3 is 0 Å². The van der Waals surface area contributed by atoms with E-state index in [9.17, 15) is 4.39 Å². The van der Waals surface area contributed by atoms with E-state index in [0.717, 1.165) is 11.1 Å². The minimum absolute atomic E-state index is 0.0146. The third kappa shape index (κ3) is 3.21. The van der Waals surface area contributed by atoms with Crippen LogP contribution in [-0.4, -0.2) is 5.11 Å². The van der Waals surface area contributed by atoms with Gasteiger partial charge in [0.2, 0.25) is 0 Å². The zero-order chi connectivity index (χ0) is 13.0. The highest BCUT2D eigenvalue weighted by Crippen LogP contribution is 2.16. The summed E-state index contributed by atoms with van der Waals surface area (Å²) in [5.41, 5.74) is 8.46. The van der Waals surface area contributed by atoms with Gasteiger partial charge in [0, 0.05) is 17.9 Å².